The van der Waals surface area contributed by atoms with Crippen LogP contribution in [0.25, 0.3) is 27.9 Å². The minimum absolute atomic E-state index is 0.0779. The monoisotopic (exact) mass is 476 g/mol. The first-order valence-corrected chi connectivity index (χ1v) is 12.9. The molecule has 3 aromatic carbocycles. The third kappa shape index (κ3) is 4.06. The number of benzene rings is 3. The van der Waals surface area contributed by atoms with E-state index in [1.807, 2.05) is 22.7 Å². The molecule has 1 fully saturated rings. The first-order valence-electron chi connectivity index (χ1n) is 12.9. The molecule has 0 saturated carbocycles. The highest BCUT2D eigenvalue weighted by Gasteiger charge is 2.23. The maximum Gasteiger partial charge on any atom is 0.229 e. The Morgan fingerprint density at radius 3 is 2.39 bits per heavy atom. The fraction of sp³-hybridized carbons (Fsp3) is 0.300. The van der Waals surface area contributed by atoms with E-state index >= 15 is 0 Å². The Morgan fingerprint density at radius 1 is 0.861 bits per heavy atom. The van der Waals surface area contributed by atoms with E-state index in [4.69, 9.17) is 15.1 Å². The molecule has 6 heteroatoms. The molecule has 0 bridgehead atoms. The third-order valence-electron chi connectivity index (χ3n) is 7.19. The second-order valence-electron chi connectivity index (χ2n) is 9.93. The molecule has 0 spiro atoms. The van der Waals surface area contributed by atoms with E-state index < -0.39 is 0 Å². The fourth-order valence-corrected chi connectivity index (χ4v) is 5.26. The smallest absolute Gasteiger partial charge is 0.229 e. The van der Waals surface area contributed by atoms with Gasteiger partial charge in [0.15, 0.2) is 11.5 Å². The third-order valence-corrected chi connectivity index (χ3v) is 7.19. The van der Waals surface area contributed by atoms with E-state index in [0.29, 0.717) is 0 Å². The zero-order valence-electron chi connectivity index (χ0n) is 21.2. The van der Waals surface area contributed by atoms with E-state index in [9.17, 15) is 0 Å². The average molecular weight is 477 g/mol. The molecule has 0 aliphatic carbocycles. The summed E-state index contributed by atoms with van der Waals surface area (Å²) in [5.41, 5.74) is 7.62. The van der Waals surface area contributed by atoms with Crippen LogP contribution in [0.1, 0.15) is 48.9 Å². The Balaban J connectivity index is 1.56. The standard InChI is InChI=1S/C30H32N6/c1-20-18-24(22(3)31-26-15-9-8-12-21(26)2)27-25(19-20)29-33-28(23-13-6-4-7-14-23)34-36(29)30(32-27)35-16-10-5-11-17-35/h4,6-9,12-15,18-19,22,31H,5,10-11,16-17H2,1-3H3. The summed E-state index contributed by atoms with van der Waals surface area (Å²) in [5.74, 6) is 1.62. The number of para-hydroxylation sites is 1. The zero-order valence-corrected chi connectivity index (χ0v) is 21.2. The number of rotatable bonds is 5. The SMILES string of the molecule is Cc1cc(C(C)Nc2ccccc2C)c2nc(N3CCCCC3)n3nc(-c4ccccc4)nc3c2c1. The number of hydrogen-bond acceptors (Lipinski definition) is 5. The molecule has 1 aliphatic rings. The quantitative estimate of drug-likeness (QED) is 0.305. The minimum atomic E-state index is 0.0779. The molecule has 6 nitrogen and oxygen atoms in total. The van der Waals surface area contributed by atoms with Gasteiger partial charge in [-0.25, -0.2) is 9.97 Å². The first-order chi connectivity index (χ1) is 17.6. The van der Waals surface area contributed by atoms with E-state index in [2.05, 4.69) is 79.5 Å². The lowest BCUT2D eigenvalue weighted by Crippen LogP contribution is -2.32. The number of nitrogens with one attached hydrogen (secondary N) is 1. The lowest BCUT2D eigenvalue weighted by Gasteiger charge is -2.28. The maximum absolute atomic E-state index is 5.31. The molecule has 182 valence electrons. The molecule has 1 N–H and O–H groups in total. The topological polar surface area (TPSA) is 58.4 Å². The summed E-state index contributed by atoms with van der Waals surface area (Å²) in [4.78, 5) is 12.8. The minimum Gasteiger partial charge on any atom is -0.378 e. The summed E-state index contributed by atoms with van der Waals surface area (Å²) in [6, 6.07) is 23.2. The highest BCUT2D eigenvalue weighted by Crippen LogP contribution is 2.33. The molecular formula is C30H32N6. The van der Waals surface area contributed by atoms with Crippen molar-refractivity contribution in [3.05, 3.63) is 83.4 Å². The van der Waals surface area contributed by atoms with Crippen molar-refractivity contribution in [3.63, 3.8) is 0 Å². The number of nitrogens with zero attached hydrogens (tertiary/aromatic N) is 5. The van der Waals surface area contributed by atoms with Crippen molar-refractivity contribution in [1.82, 2.24) is 19.6 Å². The van der Waals surface area contributed by atoms with E-state index in [1.54, 1.807) is 0 Å². The van der Waals surface area contributed by atoms with Gasteiger partial charge < -0.3 is 10.2 Å². The number of aryl methyl sites for hydroxylation is 2. The number of hydrogen-bond donors (Lipinski definition) is 1. The molecule has 2 aromatic heterocycles. The molecule has 3 heterocycles. The molecule has 1 saturated heterocycles. The fourth-order valence-electron chi connectivity index (χ4n) is 5.26. The van der Waals surface area contributed by atoms with Crippen LogP contribution in [-0.2, 0) is 0 Å². The zero-order chi connectivity index (χ0) is 24.6. The molecule has 6 rings (SSSR count). The second kappa shape index (κ2) is 9.26. The van der Waals surface area contributed by atoms with Gasteiger partial charge in [-0.15, -0.1) is 5.10 Å². The van der Waals surface area contributed by atoms with Crippen LogP contribution >= 0.6 is 0 Å². The van der Waals surface area contributed by atoms with Gasteiger partial charge in [-0.05, 0) is 63.3 Å². The maximum atomic E-state index is 5.31. The summed E-state index contributed by atoms with van der Waals surface area (Å²) in [6.07, 6.45) is 3.61. The molecule has 1 atom stereocenters. The van der Waals surface area contributed by atoms with Crippen LogP contribution in [0.4, 0.5) is 11.6 Å². The predicted molar refractivity (Wildman–Crippen MR) is 148 cm³/mol. The van der Waals surface area contributed by atoms with Crippen molar-refractivity contribution in [2.75, 3.05) is 23.3 Å². The Hall–Kier alpha value is -3.93. The van der Waals surface area contributed by atoms with Gasteiger partial charge in [-0.2, -0.15) is 4.52 Å². The van der Waals surface area contributed by atoms with Crippen molar-refractivity contribution in [2.24, 2.45) is 0 Å². The van der Waals surface area contributed by atoms with Gasteiger partial charge in [0, 0.05) is 35.3 Å². The number of anilines is 2. The molecule has 1 aliphatic heterocycles. The van der Waals surface area contributed by atoms with Crippen LogP contribution in [0.15, 0.2) is 66.7 Å². The predicted octanol–water partition coefficient (Wildman–Crippen LogP) is 6.72. The van der Waals surface area contributed by atoms with E-state index in [-0.39, 0.29) is 6.04 Å². The van der Waals surface area contributed by atoms with Crippen molar-refractivity contribution in [3.8, 4) is 11.4 Å². The van der Waals surface area contributed by atoms with E-state index in [0.717, 1.165) is 52.7 Å². The molecule has 0 radical (unpaired) electrons. The summed E-state index contributed by atoms with van der Waals surface area (Å²) < 4.78 is 1.97. The summed E-state index contributed by atoms with van der Waals surface area (Å²) in [5, 5.41) is 9.75. The first kappa shape index (κ1) is 22.5. The van der Waals surface area contributed by atoms with Crippen molar-refractivity contribution >= 4 is 28.2 Å². The largest absolute Gasteiger partial charge is 0.378 e. The van der Waals surface area contributed by atoms with Crippen LogP contribution < -0.4 is 10.2 Å². The number of aromatic nitrogens is 4. The summed E-state index contributed by atoms with van der Waals surface area (Å²) in [6.45, 7) is 8.49. The number of fused-ring (bicyclic) bond motifs is 3. The molecule has 0 amide bonds. The lowest BCUT2D eigenvalue weighted by molar-refractivity contribution is 0.563. The van der Waals surface area contributed by atoms with Gasteiger partial charge in [-0.1, -0.05) is 54.6 Å². The van der Waals surface area contributed by atoms with Gasteiger partial charge >= 0.3 is 0 Å². The van der Waals surface area contributed by atoms with Crippen molar-refractivity contribution < 1.29 is 0 Å². The molecule has 36 heavy (non-hydrogen) atoms. The molecule has 5 aromatic rings. The van der Waals surface area contributed by atoms with Crippen LogP contribution in [0.2, 0.25) is 0 Å². The van der Waals surface area contributed by atoms with Crippen LogP contribution in [0, 0.1) is 13.8 Å². The normalized spacial score (nSPS) is 14.9. The molecule has 1 unspecified atom stereocenters. The van der Waals surface area contributed by atoms with Crippen molar-refractivity contribution in [2.45, 2.75) is 46.1 Å². The summed E-state index contributed by atoms with van der Waals surface area (Å²) >= 11 is 0. The Kier molecular flexibility index (Phi) is 5.80. The van der Waals surface area contributed by atoms with Gasteiger partial charge in [-0.3, -0.25) is 0 Å². The van der Waals surface area contributed by atoms with Gasteiger partial charge in [0.05, 0.1) is 11.6 Å². The van der Waals surface area contributed by atoms with Crippen LogP contribution in [0.5, 0.6) is 0 Å². The Bertz CT molecular complexity index is 1530. The Morgan fingerprint density at radius 2 is 1.61 bits per heavy atom. The highest BCUT2D eigenvalue weighted by atomic mass is 15.4. The van der Waals surface area contributed by atoms with Gasteiger partial charge in [0.1, 0.15) is 0 Å². The van der Waals surface area contributed by atoms with E-state index in [1.165, 1.54) is 36.0 Å². The second-order valence-corrected chi connectivity index (χ2v) is 9.93. The average Bonchev–Trinajstić information content (AvgIpc) is 3.36. The molecular weight excluding hydrogens is 444 g/mol. The van der Waals surface area contributed by atoms with Gasteiger partial charge in [0.25, 0.3) is 0 Å². The Labute approximate surface area is 212 Å². The van der Waals surface area contributed by atoms with Crippen molar-refractivity contribution in [1.29, 1.82) is 0 Å². The summed E-state index contributed by atoms with van der Waals surface area (Å²) in [7, 11) is 0. The lowest BCUT2D eigenvalue weighted by atomic mass is 10.0. The van der Waals surface area contributed by atoms with Crippen LogP contribution in [-0.4, -0.2) is 32.7 Å². The highest BCUT2D eigenvalue weighted by molar-refractivity contribution is 5.96. The van der Waals surface area contributed by atoms with Crippen LogP contribution in [0.3, 0.4) is 0 Å². The van der Waals surface area contributed by atoms with Gasteiger partial charge in [0.2, 0.25) is 5.95 Å². The number of piperidine rings is 1.